The molecule has 0 atom stereocenters. The number of rotatable bonds is 4. The van der Waals surface area contributed by atoms with Gasteiger partial charge in [-0.05, 0) is 18.2 Å². The van der Waals surface area contributed by atoms with Gasteiger partial charge in [0, 0.05) is 41.2 Å². The minimum atomic E-state index is -0.136. The Morgan fingerprint density at radius 2 is 2.28 bits per heavy atom. The lowest BCUT2D eigenvalue weighted by Crippen LogP contribution is -2.27. The molecule has 0 bridgehead atoms. The first-order chi connectivity index (χ1) is 8.65. The van der Waals surface area contributed by atoms with E-state index in [1.807, 2.05) is 10.8 Å². The number of nitrogens with zero attached hydrogens (tertiary/aromatic N) is 2. The van der Waals surface area contributed by atoms with Crippen molar-refractivity contribution < 1.29 is 4.79 Å². The number of carbonyl (C=O) groups is 1. The molecule has 0 spiro atoms. The van der Waals surface area contributed by atoms with Gasteiger partial charge in [-0.1, -0.05) is 15.9 Å². The van der Waals surface area contributed by atoms with Crippen molar-refractivity contribution >= 4 is 27.5 Å². The van der Waals surface area contributed by atoms with Crippen LogP contribution in [0.25, 0.3) is 0 Å². The number of carbonyl (C=O) groups excluding carboxylic acids is 1. The largest absolute Gasteiger partial charge is 0.399 e. The molecule has 0 aliphatic rings. The van der Waals surface area contributed by atoms with Gasteiger partial charge >= 0.3 is 0 Å². The minimum Gasteiger partial charge on any atom is -0.399 e. The van der Waals surface area contributed by atoms with Crippen LogP contribution in [0.3, 0.4) is 0 Å². The second kappa shape index (κ2) is 5.68. The first-order valence-corrected chi connectivity index (χ1v) is 6.24. The average molecular weight is 309 g/mol. The lowest BCUT2D eigenvalue weighted by molar-refractivity contribution is 0.0952. The molecule has 18 heavy (non-hydrogen) atoms. The van der Waals surface area contributed by atoms with Gasteiger partial charge < -0.3 is 15.6 Å². The summed E-state index contributed by atoms with van der Waals surface area (Å²) in [7, 11) is 0. The Bertz CT molecular complexity index is 519. The molecule has 1 aromatic carbocycles. The fourth-order valence-electron chi connectivity index (χ4n) is 1.56. The Morgan fingerprint density at radius 1 is 1.44 bits per heavy atom. The molecule has 2 aromatic rings. The van der Waals surface area contributed by atoms with E-state index in [-0.39, 0.29) is 5.91 Å². The van der Waals surface area contributed by atoms with Crippen LogP contribution in [0.4, 0.5) is 5.69 Å². The Morgan fingerprint density at radius 3 is 2.94 bits per heavy atom. The van der Waals surface area contributed by atoms with Crippen molar-refractivity contribution in [3.8, 4) is 0 Å². The highest BCUT2D eigenvalue weighted by atomic mass is 79.9. The van der Waals surface area contributed by atoms with E-state index < -0.39 is 0 Å². The van der Waals surface area contributed by atoms with Crippen LogP contribution >= 0.6 is 15.9 Å². The van der Waals surface area contributed by atoms with Gasteiger partial charge in [-0.3, -0.25) is 4.79 Å². The van der Waals surface area contributed by atoms with Crippen LogP contribution < -0.4 is 11.1 Å². The van der Waals surface area contributed by atoms with Crippen molar-refractivity contribution in [2.75, 3.05) is 12.3 Å². The summed E-state index contributed by atoms with van der Waals surface area (Å²) in [4.78, 5) is 15.8. The Kier molecular flexibility index (Phi) is 3.99. The van der Waals surface area contributed by atoms with Gasteiger partial charge in [0.2, 0.25) is 0 Å². The van der Waals surface area contributed by atoms with Crippen molar-refractivity contribution in [2.24, 2.45) is 0 Å². The number of amides is 1. The highest BCUT2D eigenvalue weighted by Crippen LogP contribution is 2.17. The van der Waals surface area contributed by atoms with Crippen LogP contribution in [-0.2, 0) is 6.54 Å². The molecular formula is C12H13BrN4O. The van der Waals surface area contributed by atoms with Gasteiger partial charge in [0.25, 0.3) is 5.91 Å². The molecule has 94 valence electrons. The van der Waals surface area contributed by atoms with Gasteiger partial charge in [-0.25, -0.2) is 4.98 Å². The molecule has 0 aliphatic carbocycles. The zero-order valence-electron chi connectivity index (χ0n) is 9.64. The number of aromatic nitrogens is 2. The second-order valence-corrected chi connectivity index (χ2v) is 4.75. The highest BCUT2D eigenvalue weighted by molar-refractivity contribution is 9.10. The van der Waals surface area contributed by atoms with Crippen molar-refractivity contribution in [1.29, 1.82) is 0 Å². The number of nitrogen functional groups attached to an aromatic ring is 1. The number of halogens is 1. The maximum atomic E-state index is 11.9. The maximum absolute atomic E-state index is 11.9. The summed E-state index contributed by atoms with van der Waals surface area (Å²) < 4.78 is 2.69. The fourth-order valence-corrected chi connectivity index (χ4v) is 2.07. The third-order valence-electron chi connectivity index (χ3n) is 2.40. The molecular weight excluding hydrogens is 296 g/mol. The zero-order chi connectivity index (χ0) is 13.0. The average Bonchev–Trinajstić information content (AvgIpc) is 2.80. The monoisotopic (exact) mass is 308 g/mol. The lowest BCUT2D eigenvalue weighted by Gasteiger charge is -2.07. The summed E-state index contributed by atoms with van der Waals surface area (Å²) in [6.45, 7) is 1.23. The molecule has 0 saturated carbocycles. The van der Waals surface area contributed by atoms with Crippen LogP contribution in [0.1, 0.15) is 10.4 Å². The summed E-state index contributed by atoms with van der Waals surface area (Å²) in [5, 5.41) is 2.83. The van der Waals surface area contributed by atoms with E-state index in [0.717, 1.165) is 4.47 Å². The Labute approximate surface area is 113 Å². The van der Waals surface area contributed by atoms with E-state index in [1.54, 1.807) is 30.7 Å². The second-order valence-electron chi connectivity index (χ2n) is 3.83. The first kappa shape index (κ1) is 12.6. The molecule has 5 nitrogen and oxygen atoms in total. The van der Waals surface area contributed by atoms with Gasteiger partial charge in [0.1, 0.15) is 0 Å². The number of anilines is 1. The third-order valence-corrected chi connectivity index (χ3v) is 2.85. The van der Waals surface area contributed by atoms with Crippen molar-refractivity contribution in [2.45, 2.75) is 6.54 Å². The number of imidazole rings is 1. The van der Waals surface area contributed by atoms with Crippen LogP contribution in [0.15, 0.2) is 41.4 Å². The van der Waals surface area contributed by atoms with E-state index in [4.69, 9.17) is 5.73 Å². The highest BCUT2D eigenvalue weighted by Gasteiger charge is 2.06. The van der Waals surface area contributed by atoms with Crippen molar-refractivity contribution in [1.82, 2.24) is 14.9 Å². The molecule has 0 saturated heterocycles. The fraction of sp³-hybridized carbons (Fsp3) is 0.167. The van der Waals surface area contributed by atoms with Gasteiger partial charge in [-0.2, -0.15) is 0 Å². The van der Waals surface area contributed by atoms with E-state index in [9.17, 15) is 4.79 Å². The van der Waals surface area contributed by atoms with Gasteiger partial charge in [0.05, 0.1) is 6.33 Å². The molecule has 0 aliphatic heterocycles. The van der Waals surface area contributed by atoms with Crippen molar-refractivity contribution in [3.63, 3.8) is 0 Å². The molecule has 1 amide bonds. The molecule has 2 rings (SSSR count). The van der Waals surface area contributed by atoms with Crippen LogP contribution in [0.2, 0.25) is 0 Å². The summed E-state index contributed by atoms with van der Waals surface area (Å²) in [5.74, 6) is -0.136. The van der Waals surface area contributed by atoms with E-state index >= 15 is 0 Å². The first-order valence-electron chi connectivity index (χ1n) is 5.45. The molecule has 0 unspecified atom stereocenters. The molecule has 0 radical (unpaired) electrons. The quantitative estimate of drug-likeness (QED) is 0.844. The number of nitrogens with two attached hydrogens (primary N) is 1. The van der Waals surface area contributed by atoms with Crippen LogP contribution in [-0.4, -0.2) is 22.0 Å². The normalized spacial score (nSPS) is 10.3. The number of hydrogen-bond donors (Lipinski definition) is 2. The van der Waals surface area contributed by atoms with E-state index in [2.05, 4.69) is 26.2 Å². The zero-order valence-corrected chi connectivity index (χ0v) is 11.2. The van der Waals surface area contributed by atoms with Gasteiger partial charge in [0.15, 0.2) is 0 Å². The smallest absolute Gasteiger partial charge is 0.251 e. The summed E-state index contributed by atoms with van der Waals surface area (Å²) in [5.41, 5.74) is 6.79. The Hall–Kier alpha value is -1.82. The van der Waals surface area contributed by atoms with E-state index in [1.165, 1.54) is 0 Å². The standard InChI is InChI=1S/C12H13BrN4O/c13-10-5-9(6-11(14)7-10)12(18)16-2-4-17-3-1-15-8-17/h1,3,5-8H,2,4,14H2,(H,16,18). The maximum Gasteiger partial charge on any atom is 0.251 e. The SMILES string of the molecule is Nc1cc(Br)cc(C(=O)NCCn2ccnc2)c1. The summed E-state index contributed by atoms with van der Waals surface area (Å²) >= 11 is 3.31. The Balaban J connectivity index is 1.91. The number of hydrogen-bond acceptors (Lipinski definition) is 3. The third kappa shape index (κ3) is 3.33. The molecule has 0 fully saturated rings. The van der Waals surface area contributed by atoms with Gasteiger partial charge in [-0.15, -0.1) is 0 Å². The van der Waals surface area contributed by atoms with Crippen molar-refractivity contribution in [3.05, 3.63) is 47.0 Å². The van der Waals surface area contributed by atoms with Crippen LogP contribution in [0.5, 0.6) is 0 Å². The number of benzene rings is 1. The summed E-state index contributed by atoms with van der Waals surface area (Å²) in [6.07, 6.45) is 5.27. The lowest BCUT2D eigenvalue weighted by atomic mass is 10.2. The molecule has 6 heteroatoms. The number of nitrogens with one attached hydrogen (secondary N) is 1. The molecule has 1 aromatic heterocycles. The van der Waals surface area contributed by atoms with E-state index in [0.29, 0.717) is 24.3 Å². The predicted octanol–water partition coefficient (Wildman–Crippen LogP) is 1.66. The molecule has 3 N–H and O–H groups in total. The molecule has 1 heterocycles. The van der Waals surface area contributed by atoms with Crippen LogP contribution in [0, 0.1) is 0 Å². The minimum absolute atomic E-state index is 0.136. The topological polar surface area (TPSA) is 72.9 Å². The predicted molar refractivity (Wildman–Crippen MR) is 73.1 cm³/mol. The summed E-state index contributed by atoms with van der Waals surface area (Å²) in [6, 6.07) is 5.14.